The number of hydrogen-bond donors (Lipinski definition) is 0. The van der Waals surface area contributed by atoms with Crippen LogP contribution in [0.1, 0.15) is 13.8 Å². The van der Waals surface area contributed by atoms with Crippen molar-refractivity contribution >= 4 is 7.37 Å². The molecule has 47 valence electrons. The van der Waals surface area contributed by atoms with Gasteiger partial charge in [-0.3, -0.25) is 0 Å². The van der Waals surface area contributed by atoms with Gasteiger partial charge in [-0.2, -0.15) is 0 Å². The van der Waals surface area contributed by atoms with Gasteiger partial charge in [0.1, 0.15) is 0 Å². The molecule has 8 heavy (non-hydrogen) atoms. The maximum atomic E-state index is 11.1. The summed E-state index contributed by atoms with van der Waals surface area (Å²) in [6.45, 7) is 3.77. The molecule has 0 aliphatic rings. The Kier molecular flexibility index (Phi) is 4.28. The van der Waals surface area contributed by atoms with Gasteiger partial charge >= 0.3 is 62.0 Å². The molecular weight excluding hydrogens is 159 g/mol. The van der Waals surface area contributed by atoms with E-state index in [9.17, 15) is 4.57 Å². The summed E-state index contributed by atoms with van der Waals surface area (Å²) in [6, 6.07) is 0. The molecule has 0 spiro atoms. The second kappa shape index (κ2) is 3.84. The first-order chi connectivity index (χ1) is 3.68. The molecule has 0 saturated heterocycles. The van der Waals surface area contributed by atoms with E-state index in [1.165, 1.54) is 20.8 Å². The third-order valence-electron chi connectivity index (χ3n) is 1.13. The van der Waals surface area contributed by atoms with Gasteiger partial charge in [-0.15, -0.1) is 0 Å². The van der Waals surface area contributed by atoms with E-state index in [0.29, 0.717) is 12.3 Å². The molecule has 2 nitrogen and oxygen atoms in total. The van der Waals surface area contributed by atoms with Crippen molar-refractivity contribution in [1.29, 1.82) is 0 Å². The maximum absolute atomic E-state index is 11.1. The molecule has 0 N–H and O–H groups in total. The SMILES string of the molecule is CCP(=O)(CC)[O][Ti]. The van der Waals surface area contributed by atoms with Crippen LogP contribution in [0.4, 0.5) is 0 Å². The Hall–Kier alpha value is 0.904. The summed E-state index contributed by atoms with van der Waals surface area (Å²) in [7, 11) is -2.16. The van der Waals surface area contributed by atoms with Crippen LogP contribution in [-0.2, 0) is 28.5 Å². The van der Waals surface area contributed by atoms with Gasteiger partial charge in [-0.25, -0.2) is 0 Å². The summed E-state index contributed by atoms with van der Waals surface area (Å²) in [5.74, 6) is 0. The van der Waals surface area contributed by atoms with Crippen LogP contribution in [0.3, 0.4) is 0 Å². The summed E-state index contributed by atoms with van der Waals surface area (Å²) in [5, 5.41) is 0. The molecule has 0 amide bonds. The Morgan fingerprint density at radius 2 is 1.88 bits per heavy atom. The summed E-state index contributed by atoms with van der Waals surface area (Å²) >= 11 is 1.51. The van der Waals surface area contributed by atoms with E-state index in [1.54, 1.807) is 0 Å². The monoisotopic (exact) mass is 169 g/mol. The second-order valence-electron chi connectivity index (χ2n) is 1.54. The van der Waals surface area contributed by atoms with Gasteiger partial charge in [-0.05, 0) is 0 Å². The number of rotatable bonds is 3. The third-order valence-corrected chi connectivity index (χ3v) is 4.95. The molecule has 0 bridgehead atoms. The fourth-order valence-electron chi connectivity index (χ4n) is 0.353. The molecule has 0 aromatic heterocycles. The molecule has 0 fully saturated rings. The van der Waals surface area contributed by atoms with Crippen molar-refractivity contribution in [2.24, 2.45) is 0 Å². The third kappa shape index (κ3) is 2.45. The van der Waals surface area contributed by atoms with Crippen molar-refractivity contribution in [3.8, 4) is 0 Å². The van der Waals surface area contributed by atoms with Crippen molar-refractivity contribution in [3.05, 3.63) is 0 Å². The summed E-state index contributed by atoms with van der Waals surface area (Å²) in [4.78, 5) is 0. The molecule has 0 atom stereocenters. The van der Waals surface area contributed by atoms with Gasteiger partial charge in [0.15, 0.2) is 0 Å². The van der Waals surface area contributed by atoms with E-state index in [1.807, 2.05) is 13.8 Å². The summed E-state index contributed by atoms with van der Waals surface area (Å²) in [6.07, 6.45) is 1.31. The Balaban J connectivity index is 3.79. The van der Waals surface area contributed by atoms with Crippen molar-refractivity contribution < 1.29 is 28.5 Å². The first-order valence-corrected chi connectivity index (χ1v) is 5.25. The van der Waals surface area contributed by atoms with E-state index >= 15 is 0 Å². The Labute approximate surface area is 62.3 Å². The first-order valence-electron chi connectivity index (χ1n) is 2.62. The zero-order valence-electron chi connectivity index (χ0n) is 5.18. The van der Waals surface area contributed by atoms with E-state index in [-0.39, 0.29) is 0 Å². The Morgan fingerprint density at radius 3 is 1.88 bits per heavy atom. The molecule has 0 unspecified atom stereocenters. The molecular formula is C4H10O2PTi. The predicted octanol–water partition coefficient (Wildman–Crippen LogP) is 1.78. The van der Waals surface area contributed by atoms with Crippen LogP contribution >= 0.6 is 7.37 Å². The van der Waals surface area contributed by atoms with Gasteiger partial charge in [0.25, 0.3) is 0 Å². The molecule has 0 radical (unpaired) electrons. The fourth-order valence-corrected chi connectivity index (χ4v) is 2.27. The fraction of sp³-hybridized carbons (Fsp3) is 1.00. The molecule has 0 saturated carbocycles. The average molecular weight is 169 g/mol. The standard InChI is InChI=1S/C4H11O2P.Ti/c1-3-7(5,6)4-2;/h3-4H2,1-2H3,(H,5,6);/q;+1/p-1. The van der Waals surface area contributed by atoms with Gasteiger partial charge < -0.3 is 0 Å². The molecule has 0 aromatic carbocycles. The molecule has 0 aliphatic carbocycles. The van der Waals surface area contributed by atoms with Crippen molar-refractivity contribution in [3.63, 3.8) is 0 Å². The van der Waals surface area contributed by atoms with Gasteiger partial charge in [-0.1, -0.05) is 0 Å². The van der Waals surface area contributed by atoms with E-state index < -0.39 is 7.37 Å². The van der Waals surface area contributed by atoms with E-state index in [0.717, 1.165) is 0 Å². The van der Waals surface area contributed by atoms with Crippen LogP contribution in [0.25, 0.3) is 0 Å². The zero-order chi connectivity index (χ0) is 6.62. The van der Waals surface area contributed by atoms with Crippen molar-refractivity contribution in [2.75, 3.05) is 12.3 Å². The minimum absolute atomic E-state index is 0.653. The zero-order valence-corrected chi connectivity index (χ0v) is 7.63. The Morgan fingerprint density at radius 1 is 1.50 bits per heavy atom. The topological polar surface area (TPSA) is 26.3 Å². The van der Waals surface area contributed by atoms with E-state index in [4.69, 9.17) is 3.11 Å². The first kappa shape index (κ1) is 8.90. The van der Waals surface area contributed by atoms with Gasteiger partial charge in [0, 0.05) is 0 Å². The van der Waals surface area contributed by atoms with Crippen LogP contribution < -0.4 is 0 Å². The Bertz CT molecular complexity index is 85.2. The van der Waals surface area contributed by atoms with Crippen LogP contribution in [-0.4, -0.2) is 12.3 Å². The van der Waals surface area contributed by atoms with Crippen LogP contribution in [0.5, 0.6) is 0 Å². The molecule has 0 aromatic rings. The second-order valence-corrected chi connectivity index (χ2v) is 5.47. The van der Waals surface area contributed by atoms with E-state index in [2.05, 4.69) is 0 Å². The average Bonchev–Trinajstić information content (AvgIpc) is 1.87. The van der Waals surface area contributed by atoms with Crippen molar-refractivity contribution in [1.82, 2.24) is 0 Å². The van der Waals surface area contributed by atoms with Gasteiger partial charge in [0.05, 0.1) is 0 Å². The summed E-state index contributed by atoms with van der Waals surface area (Å²) in [5.41, 5.74) is 0. The normalized spacial score (nSPS) is 11.6. The number of hydrogen-bond acceptors (Lipinski definition) is 2. The van der Waals surface area contributed by atoms with Crippen LogP contribution in [0.15, 0.2) is 0 Å². The minimum atomic E-state index is -2.16. The van der Waals surface area contributed by atoms with Crippen molar-refractivity contribution in [2.45, 2.75) is 13.8 Å². The van der Waals surface area contributed by atoms with Gasteiger partial charge in [0.2, 0.25) is 0 Å². The molecule has 0 rings (SSSR count). The summed E-state index contributed by atoms with van der Waals surface area (Å²) < 4.78 is 15.9. The predicted molar refractivity (Wildman–Crippen MR) is 29.8 cm³/mol. The quantitative estimate of drug-likeness (QED) is 0.475. The molecule has 4 heteroatoms. The van der Waals surface area contributed by atoms with Crippen LogP contribution in [0.2, 0.25) is 0 Å². The molecule has 0 aliphatic heterocycles. The van der Waals surface area contributed by atoms with Crippen LogP contribution in [0, 0.1) is 0 Å². The molecule has 0 heterocycles.